The van der Waals surface area contributed by atoms with Crippen LogP contribution in [0.1, 0.15) is 42.7 Å². The van der Waals surface area contributed by atoms with Gasteiger partial charge >= 0.3 is 0 Å². The molecule has 30 heavy (non-hydrogen) atoms. The van der Waals surface area contributed by atoms with Gasteiger partial charge in [-0.2, -0.15) is 0 Å². The van der Waals surface area contributed by atoms with Crippen LogP contribution < -0.4 is 0 Å². The van der Waals surface area contributed by atoms with Crippen LogP contribution >= 0.6 is 0 Å². The highest BCUT2D eigenvalue weighted by Gasteiger charge is 2.54. The number of likely N-dealkylation sites (N-methyl/N-ethyl adjacent to an activating group) is 1. The zero-order valence-electron chi connectivity index (χ0n) is 16.9. The maximum atomic E-state index is 14.6. The van der Waals surface area contributed by atoms with Gasteiger partial charge in [-0.25, -0.2) is 4.39 Å². The van der Waals surface area contributed by atoms with Crippen molar-refractivity contribution in [2.45, 2.75) is 37.0 Å². The first kappa shape index (κ1) is 20.2. The van der Waals surface area contributed by atoms with Crippen LogP contribution in [0.4, 0.5) is 4.39 Å². The molecular formula is C23H24FN3O3. The lowest BCUT2D eigenvalue weighted by Gasteiger charge is -2.35. The Labute approximate surface area is 174 Å². The zero-order chi connectivity index (χ0) is 21.3. The van der Waals surface area contributed by atoms with Crippen molar-refractivity contribution in [3.8, 4) is 0 Å². The molecule has 4 rings (SSSR count). The van der Waals surface area contributed by atoms with Gasteiger partial charge in [0, 0.05) is 50.9 Å². The normalized spacial score (nSPS) is 22.6. The summed E-state index contributed by atoms with van der Waals surface area (Å²) in [6.07, 6.45) is 4.77. The van der Waals surface area contributed by atoms with Crippen LogP contribution in [0, 0.1) is 5.82 Å². The molecule has 0 aliphatic carbocycles. The molecule has 0 N–H and O–H groups in total. The van der Waals surface area contributed by atoms with Gasteiger partial charge in [0.2, 0.25) is 17.7 Å². The second kappa shape index (κ2) is 7.97. The first-order valence-corrected chi connectivity index (χ1v) is 10.2. The summed E-state index contributed by atoms with van der Waals surface area (Å²) < 4.78 is 14.6. The Morgan fingerprint density at radius 2 is 1.80 bits per heavy atom. The standard InChI is InChI=1S/C23H24FN3O3/c1-26-20(28)14-23(22(26)30,18-4-2-3-5-19(18)24)15-21(29)27-12-8-17(9-13-27)16-6-10-25-11-7-16/h2-7,10-11,17H,8-9,12-15H2,1H3/t23-/m0/s1. The topological polar surface area (TPSA) is 70.6 Å². The summed E-state index contributed by atoms with van der Waals surface area (Å²) in [4.78, 5) is 45.2. The number of piperidine rings is 1. The Kier molecular flexibility index (Phi) is 5.37. The second-order valence-corrected chi connectivity index (χ2v) is 8.11. The minimum Gasteiger partial charge on any atom is -0.343 e. The summed E-state index contributed by atoms with van der Waals surface area (Å²) >= 11 is 0. The Morgan fingerprint density at radius 3 is 2.40 bits per heavy atom. The van der Waals surface area contributed by atoms with Gasteiger partial charge in [0.05, 0.1) is 5.41 Å². The van der Waals surface area contributed by atoms with Crippen LogP contribution in [0.15, 0.2) is 48.8 Å². The summed E-state index contributed by atoms with van der Waals surface area (Å²) in [5.41, 5.74) is -0.151. The van der Waals surface area contributed by atoms with Crippen molar-refractivity contribution in [2.75, 3.05) is 20.1 Å². The molecule has 2 aliphatic rings. The van der Waals surface area contributed by atoms with E-state index in [4.69, 9.17) is 0 Å². The number of benzene rings is 1. The van der Waals surface area contributed by atoms with Crippen LogP contribution in [0.25, 0.3) is 0 Å². The summed E-state index contributed by atoms with van der Waals surface area (Å²) in [7, 11) is 1.39. The van der Waals surface area contributed by atoms with E-state index in [1.165, 1.54) is 30.8 Å². The molecule has 0 bridgehead atoms. The minimum atomic E-state index is -1.48. The largest absolute Gasteiger partial charge is 0.343 e. The number of nitrogens with zero attached hydrogens (tertiary/aromatic N) is 3. The monoisotopic (exact) mass is 409 g/mol. The molecule has 2 aliphatic heterocycles. The maximum absolute atomic E-state index is 14.6. The number of likely N-dealkylation sites (tertiary alicyclic amines) is 2. The molecule has 3 amide bonds. The average molecular weight is 409 g/mol. The molecule has 3 heterocycles. The van der Waals surface area contributed by atoms with Gasteiger partial charge in [-0.3, -0.25) is 24.3 Å². The first-order valence-electron chi connectivity index (χ1n) is 10.2. The molecule has 1 aromatic heterocycles. The molecule has 0 saturated carbocycles. The number of amides is 3. The fourth-order valence-corrected chi connectivity index (χ4v) is 4.65. The number of imide groups is 1. The number of aromatic nitrogens is 1. The minimum absolute atomic E-state index is 0.118. The van der Waals surface area contributed by atoms with Crippen LogP contribution in [0.2, 0.25) is 0 Å². The van der Waals surface area contributed by atoms with E-state index in [0.29, 0.717) is 19.0 Å². The lowest BCUT2D eigenvalue weighted by Crippen LogP contribution is -2.45. The molecule has 2 saturated heterocycles. The summed E-state index contributed by atoms with van der Waals surface area (Å²) in [5, 5.41) is 0. The van der Waals surface area contributed by atoms with Crippen molar-refractivity contribution in [1.82, 2.24) is 14.8 Å². The number of carbonyl (C=O) groups excluding carboxylic acids is 3. The highest BCUT2D eigenvalue weighted by molar-refractivity contribution is 6.10. The quantitative estimate of drug-likeness (QED) is 0.728. The van der Waals surface area contributed by atoms with Crippen LogP contribution in [-0.4, -0.2) is 52.6 Å². The summed E-state index contributed by atoms with van der Waals surface area (Å²) in [5.74, 6) is -1.34. The molecule has 2 fully saturated rings. The SMILES string of the molecule is CN1C(=O)C[C@](CC(=O)N2CCC(c3ccncc3)CC2)(c2ccccc2F)C1=O. The second-order valence-electron chi connectivity index (χ2n) is 8.11. The maximum Gasteiger partial charge on any atom is 0.240 e. The van der Waals surface area contributed by atoms with Crippen molar-refractivity contribution < 1.29 is 18.8 Å². The summed E-state index contributed by atoms with van der Waals surface area (Å²) in [6.45, 7) is 1.13. The number of pyridine rings is 1. The van der Waals surface area contributed by atoms with Crippen molar-refractivity contribution in [2.24, 2.45) is 0 Å². The molecule has 1 atom stereocenters. The van der Waals surface area contributed by atoms with E-state index in [1.807, 2.05) is 12.1 Å². The summed E-state index contributed by atoms with van der Waals surface area (Å²) in [6, 6.07) is 9.91. The fourth-order valence-electron chi connectivity index (χ4n) is 4.65. The van der Waals surface area contributed by atoms with E-state index >= 15 is 0 Å². The van der Waals surface area contributed by atoms with Crippen molar-refractivity contribution in [1.29, 1.82) is 0 Å². The van der Waals surface area contributed by atoms with E-state index < -0.39 is 23.0 Å². The van der Waals surface area contributed by atoms with E-state index in [2.05, 4.69) is 4.98 Å². The van der Waals surface area contributed by atoms with Crippen molar-refractivity contribution in [3.05, 3.63) is 65.7 Å². The van der Waals surface area contributed by atoms with Crippen molar-refractivity contribution in [3.63, 3.8) is 0 Å². The molecule has 156 valence electrons. The molecule has 2 aromatic rings. The van der Waals surface area contributed by atoms with Crippen molar-refractivity contribution >= 4 is 17.7 Å². The van der Waals surface area contributed by atoms with E-state index in [9.17, 15) is 18.8 Å². The van der Waals surface area contributed by atoms with Crippen LogP contribution in [-0.2, 0) is 19.8 Å². The third kappa shape index (κ3) is 3.49. The highest BCUT2D eigenvalue weighted by Crippen LogP contribution is 2.41. The highest BCUT2D eigenvalue weighted by atomic mass is 19.1. The number of hydrogen-bond donors (Lipinski definition) is 0. The van der Waals surface area contributed by atoms with Crippen LogP contribution in [0.5, 0.6) is 0 Å². The van der Waals surface area contributed by atoms with Gasteiger partial charge in [-0.1, -0.05) is 18.2 Å². The Morgan fingerprint density at radius 1 is 1.13 bits per heavy atom. The molecule has 0 radical (unpaired) electrons. The van der Waals surface area contributed by atoms with Gasteiger partial charge in [0.15, 0.2) is 0 Å². The first-order chi connectivity index (χ1) is 14.4. The van der Waals surface area contributed by atoms with Gasteiger partial charge in [0.25, 0.3) is 0 Å². The fraction of sp³-hybridized carbons (Fsp3) is 0.391. The molecule has 0 unspecified atom stereocenters. The molecule has 1 aromatic carbocycles. The third-order valence-electron chi connectivity index (χ3n) is 6.41. The predicted molar refractivity (Wildman–Crippen MR) is 108 cm³/mol. The number of rotatable bonds is 4. The van der Waals surface area contributed by atoms with E-state index in [0.717, 1.165) is 17.7 Å². The average Bonchev–Trinajstić information content (AvgIpc) is 2.99. The lowest BCUT2D eigenvalue weighted by molar-refractivity contribution is -0.141. The Hall–Kier alpha value is -3.09. The number of carbonyl (C=O) groups is 3. The molecule has 6 nitrogen and oxygen atoms in total. The third-order valence-corrected chi connectivity index (χ3v) is 6.41. The van der Waals surface area contributed by atoms with E-state index in [-0.39, 0.29) is 24.3 Å². The Balaban J connectivity index is 1.53. The van der Waals surface area contributed by atoms with Gasteiger partial charge < -0.3 is 4.90 Å². The molecule has 7 heteroatoms. The smallest absolute Gasteiger partial charge is 0.240 e. The van der Waals surface area contributed by atoms with E-state index in [1.54, 1.807) is 23.4 Å². The van der Waals surface area contributed by atoms with Gasteiger partial charge in [-0.15, -0.1) is 0 Å². The van der Waals surface area contributed by atoms with Crippen LogP contribution in [0.3, 0.4) is 0 Å². The predicted octanol–water partition coefficient (Wildman–Crippen LogP) is 2.64. The lowest BCUT2D eigenvalue weighted by atomic mass is 9.75. The molecule has 0 spiro atoms. The van der Waals surface area contributed by atoms with Gasteiger partial charge in [-0.05, 0) is 42.5 Å². The van der Waals surface area contributed by atoms with Gasteiger partial charge in [0.1, 0.15) is 5.82 Å². The Bertz CT molecular complexity index is 973. The number of halogens is 1. The number of hydrogen-bond acceptors (Lipinski definition) is 4. The molecular weight excluding hydrogens is 385 g/mol. The zero-order valence-corrected chi connectivity index (χ0v) is 16.9.